The number of carboxylic acid groups (broad SMARTS) is 1. The highest BCUT2D eigenvalue weighted by Gasteiger charge is 2.57. The topological polar surface area (TPSA) is 226 Å². The summed E-state index contributed by atoms with van der Waals surface area (Å²) in [6.07, 6.45) is 0. The van der Waals surface area contributed by atoms with E-state index in [0.717, 1.165) is 9.80 Å². The van der Waals surface area contributed by atoms with Crippen LogP contribution < -0.4 is 21.9 Å². The molecular weight excluding hydrogens is 692 g/mol. The number of pyridine rings is 1. The molecule has 0 bridgehead atoms. The minimum atomic E-state index is -1.39. The van der Waals surface area contributed by atoms with Crippen molar-refractivity contribution in [2.75, 3.05) is 17.3 Å². The Balaban J connectivity index is 1.45. The van der Waals surface area contributed by atoms with E-state index < -0.39 is 64.1 Å². The number of amides is 4. The van der Waals surface area contributed by atoms with Gasteiger partial charge in [0.1, 0.15) is 29.8 Å². The van der Waals surface area contributed by atoms with Gasteiger partial charge in [0.25, 0.3) is 17.4 Å². The van der Waals surface area contributed by atoms with Crippen molar-refractivity contribution in [1.29, 1.82) is 0 Å². The van der Waals surface area contributed by atoms with Gasteiger partial charge in [0.2, 0.25) is 11.8 Å². The Labute approximate surface area is 302 Å². The SMILES string of the molecule is CC(=O)OCC1=C(C(=O)O)N2C(=O)C(N(Cc3ccc(-c4ccc(N(C(C)=O)C(=O)C(C)(C)N)cc4)[nH]c3=O)C(=O)C(N)c3ccccc3)[C@@H]2SC1. The number of nitrogens with two attached hydrogens (primary N) is 2. The molecule has 1 aromatic heterocycles. The maximum atomic E-state index is 14.1. The quantitative estimate of drug-likeness (QED) is 0.164. The summed E-state index contributed by atoms with van der Waals surface area (Å²) in [5, 5.41) is 9.20. The summed E-state index contributed by atoms with van der Waals surface area (Å²) in [6, 6.07) is 15.6. The second kappa shape index (κ2) is 15.0. The Morgan fingerprint density at radius 1 is 1.02 bits per heavy atom. The molecule has 1 saturated heterocycles. The summed E-state index contributed by atoms with van der Waals surface area (Å²) in [5.74, 6) is -4.33. The lowest BCUT2D eigenvalue weighted by Gasteiger charge is -2.53. The second-order valence-corrected chi connectivity index (χ2v) is 14.0. The lowest BCUT2D eigenvalue weighted by atomic mass is 9.98. The lowest BCUT2D eigenvalue weighted by molar-refractivity contribution is -0.161. The van der Waals surface area contributed by atoms with Gasteiger partial charge in [-0.2, -0.15) is 0 Å². The standard InChI is InChI=1S/C36H38N6O9S/c1-19(43)41(35(50)36(3,4)38)25-13-10-21(11-14-25)26-15-12-23(30(45)39-26)16-40(31(46)27(37)22-8-6-5-7-9-22)29-32(47)42-28(34(48)49)24(17-51-20(2)44)18-52-33(29)42/h5-15,27,29,33H,16-18,37-38H2,1-4H3,(H,39,45)(H,48,49)/t27?,29?,33-/m0/s1. The molecule has 0 saturated carbocycles. The van der Waals surface area contributed by atoms with E-state index >= 15 is 0 Å². The van der Waals surface area contributed by atoms with E-state index in [1.807, 2.05) is 0 Å². The molecule has 3 atom stereocenters. The number of hydrogen-bond acceptors (Lipinski definition) is 11. The number of esters is 1. The number of carbonyl (C=O) groups excluding carboxylic acids is 5. The Kier molecular flexibility index (Phi) is 10.8. The van der Waals surface area contributed by atoms with Crippen LogP contribution in [-0.2, 0) is 40.0 Å². The summed E-state index contributed by atoms with van der Waals surface area (Å²) in [6.45, 7) is 4.79. The number of β-lactam (4-membered cyclic amide) rings is 1. The molecule has 3 aromatic rings. The van der Waals surface area contributed by atoms with E-state index in [4.69, 9.17) is 16.2 Å². The minimum Gasteiger partial charge on any atom is -0.477 e. The zero-order valence-corrected chi connectivity index (χ0v) is 29.6. The third-order valence-electron chi connectivity index (χ3n) is 8.55. The lowest BCUT2D eigenvalue weighted by Crippen LogP contribution is -2.71. The van der Waals surface area contributed by atoms with Crippen molar-refractivity contribution in [1.82, 2.24) is 14.8 Å². The van der Waals surface area contributed by atoms with E-state index in [-0.39, 0.29) is 35.7 Å². The third-order valence-corrected chi connectivity index (χ3v) is 9.88. The third kappa shape index (κ3) is 7.54. The second-order valence-electron chi connectivity index (χ2n) is 12.9. The normalized spacial score (nSPS) is 17.4. The zero-order valence-electron chi connectivity index (χ0n) is 28.8. The molecule has 16 heteroatoms. The van der Waals surface area contributed by atoms with Gasteiger partial charge < -0.3 is 31.2 Å². The van der Waals surface area contributed by atoms with Crippen molar-refractivity contribution in [2.45, 2.75) is 57.2 Å². The average Bonchev–Trinajstić information content (AvgIpc) is 3.10. The number of rotatable bonds is 11. The summed E-state index contributed by atoms with van der Waals surface area (Å²) < 4.78 is 5.01. The van der Waals surface area contributed by atoms with Crippen LogP contribution in [0.1, 0.15) is 44.9 Å². The largest absolute Gasteiger partial charge is 0.477 e. The molecule has 15 nitrogen and oxygen atoms in total. The molecule has 3 heterocycles. The van der Waals surface area contributed by atoms with Crippen LogP contribution in [0.3, 0.4) is 0 Å². The number of aliphatic carboxylic acids is 1. The fraction of sp³-hybridized carbons (Fsp3) is 0.306. The van der Waals surface area contributed by atoms with Gasteiger partial charge in [-0.3, -0.25) is 33.7 Å². The number of aromatic nitrogens is 1. The minimum absolute atomic E-state index is 0.114. The van der Waals surface area contributed by atoms with E-state index in [2.05, 4.69) is 4.98 Å². The number of nitrogens with one attached hydrogen (secondary N) is 1. The number of benzene rings is 2. The van der Waals surface area contributed by atoms with Crippen LogP contribution in [0, 0.1) is 0 Å². The van der Waals surface area contributed by atoms with E-state index in [0.29, 0.717) is 22.5 Å². The monoisotopic (exact) mass is 730 g/mol. The van der Waals surface area contributed by atoms with Gasteiger partial charge in [0.05, 0.1) is 17.8 Å². The first-order valence-corrected chi connectivity index (χ1v) is 17.2. The predicted octanol–water partition coefficient (Wildman–Crippen LogP) is 1.87. The predicted molar refractivity (Wildman–Crippen MR) is 191 cm³/mol. The Bertz CT molecular complexity index is 2020. The number of ether oxygens (including phenoxy) is 1. The highest BCUT2D eigenvalue weighted by atomic mass is 32.2. The first-order valence-electron chi connectivity index (χ1n) is 16.1. The fourth-order valence-electron chi connectivity index (χ4n) is 5.91. The molecule has 2 aliphatic rings. The molecular formula is C36H38N6O9S. The van der Waals surface area contributed by atoms with Gasteiger partial charge in [-0.25, -0.2) is 9.69 Å². The van der Waals surface area contributed by atoms with Crippen molar-refractivity contribution in [3.63, 3.8) is 0 Å². The van der Waals surface area contributed by atoms with Gasteiger partial charge in [-0.15, -0.1) is 11.8 Å². The van der Waals surface area contributed by atoms with Gasteiger partial charge in [0.15, 0.2) is 0 Å². The summed E-state index contributed by atoms with van der Waals surface area (Å²) >= 11 is 1.20. The number of hydrogen-bond donors (Lipinski definition) is 4. The molecule has 0 radical (unpaired) electrons. The number of fused-ring (bicyclic) bond motifs is 1. The number of nitrogens with zero attached hydrogens (tertiary/aromatic N) is 3. The van der Waals surface area contributed by atoms with Crippen molar-refractivity contribution in [2.24, 2.45) is 11.5 Å². The van der Waals surface area contributed by atoms with Crippen LogP contribution in [0.4, 0.5) is 5.69 Å². The van der Waals surface area contributed by atoms with Gasteiger partial charge in [0, 0.05) is 36.4 Å². The number of H-pyrrole nitrogens is 1. The van der Waals surface area contributed by atoms with Crippen LogP contribution in [0.15, 0.2) is 82.8 Å². The van der Waals surface area contributed by atoms with Gasteiger partial charge in [-0.05, 0) is 49.2 Å². The van der Waals surface area contributed by atoms with Crippen LogP contribution in [-0.4, -0.2) is 84.8 Å². The number of carboxylic acids is 1. The fourth-order valence-corrected chi connectivity index (χ4v) is 7.31. The van der Waals surface area contributed by atoms with E-state index in [1.165, 1.54) is 50.4 Å². The van der Waals surface area contributed by atoms with E-state index in [1.54, 1.807) is 60.7 Å². The Hall–Kier alpha value is -5.58. The molecule has 52 heavy (non-hydrogen) atoms. The summed E-state index contributed by atoms with van der Waals surface area (Å²) in [7, 11) is 0. The van der Waals surface area contributed by atoms with Gasteiger partial charge >= 0.3 is 11.9 Å². The Morgan fingerprint density at radius 3 is 2.23 bits per heavy atom. The highest BCUT2D eigenvalue weighted by Crippen LogP contribution is 2.43. The summed E-state index contributed by atoms with van der Waals surface area (Å²) in [5.41, 5.74) is 12.2. The van der Waals surface area contributed by atoms with Crippen LogP contribution in [0.2, 0.25) is 0 Å². The first kappa shape index (κ1) is 37.7. The molecule has 6 N–H and O–H groups in total. The molecule has 0 aliphatic carbocycles. The number of imide groups is 1. The van der Waals surface area contributed by atoms with Crippen LogP contribution in [0.25, 0.3) is 11.3 Å². The Morgan fingerprint density at radius 2 is 1.67 bits per heavy atom. The van der Waals surface area contributed by atoms with Crippen molar-refractivity contribution >= 4 is 53.0 Å². The van der Waals surface area contributed by atoms with Gasteiger partial charge in [-0.1, -0.05) is 42.5 Å². The molecule has 0 spiro atoms. The molecule has 272 valence electrons. The van der Waals surface area contributed by atoms with Crippen LogP contribution in [0.5, 0.6) is 0 Å². The van der Waals surface area contributed by atoms with Crippen molar-refractivity contribution < 1.29 is 38.6 Å². The number of anilines is 1. The highest BCUT2D eigenvalue weighted by molar-refractivity contribution is 8.00. The molecule has 2 aromatic carbocycles. The average molecular weight is 731 g/mol. The first-order chi connectivity index (χ1) is 24.5. The van der Waals surface area contributed by atoms with Crippen molar-refractivity contribution in [3.05, 3.63) is 99.5 Å². The maximum absolute atomic E-state index is 14.1. The van der Waals surface area contributed by atoms with Crippen LogP contribution >= 0.6 is 11.8 Å². The summed E-state index contributed by atoms with van der Waals surface area (Å²) in [4.78, 5) is 96.2. The number of aromatic amines is 1. The molecule has 4 amide bonds. The van der Waals surface area contributed by atoms with Crippen molar-refractivity contribution in [3.8, 4) is 11.3 Å². The number of carbonyl (C=O) groups is 6. The molecule has 2 aliphatic heterocycles. The number of thioether (sulfide) groups is 1. The molecule has 1 fully saturated rings. The van der Waals surface area contributed by atoms with E-state index in [9.17, 15) is 38.7 Å². The molecule has 5 rings (SSSR count). The smallest absolute Gasteiger partial charge is 0.352 e. The maximum Gasteiger partial charge on any atom is 0.352 e. The molecule has 2 unspecified atom stereocenters. The zero-order chi connectivity index (χ0) is 38.1.